The van der Waals surface area contributed by atoms with Crippen LogP contribution in [0.3, 0.4) is 0 Å². The Morgan fingerprint density at radius 2 is 1.90 bits per heavy atom. The highest BCUT2D eigenvalue weighted by atomic mass is 16.4. The van der Waals surface area contributed by atoms with Crippen LogP contribution in [0.25, 0.3) is 0 Å². The molecule has 1 aliphatic rings. The first-order valence-corrected chi connectivity index (χ1v) is 6.96. The van der Waals surface area contributed by atoms with Gasteiger partial charge in [0, 0.05) is 6.54 Å². The van der Waals surface area contributed by atoms with E-state index in [2.05, 4.69) is 29.5 Å². The fraction of sp³-hybridized carbons (Fsp3) is 0.769. The van der Waals surface area contributed by atoms with Crippen molar-refractivity contribution < 1.29 is 19.5 Å². The Labute approximate surface area is 124 Å². The third-order valence-corrected chi connectivity index (χ3v) is 3.88. The molecule has 120 valence electrons. The van der Waals surface area contributed by atoms with Gasteiger partial charge in [0.05, 0.1) is 6.42 Å². The van der Waals surface area contributed by atoms with Gasteiger partial charge in [0.1, 0.15) is 6.04 Å². The van der Waals surface area contributed by atoms with Crippen LogP contribution in [0.2, 0.25) is 0 Å². The van der Waals surface area contributed by atoms with E-state index in [1.54, 1.807) is 0 Å². The molecule has 1 atom stereocenters. The summed E-state index contributed by atoms with van der Waals surface area (Å²) in [5.74, 6) is -2.06. The molecule has 21 heavy (non-hydrogen) atoms. The zero-order chi connectivity index (χ0) is 16.0. The number of primary amides is 1. The molecule has 0 saturated carbocycles. The van der Waals surface area contributed by atoms with E-state index >= 15 is 0 Å². The van der Waals surface area contributed by atoms with Crippen molar-refractivity contribution in [3.05, 3.63) is 0 Å². The second-order valence-electron chi connectivity index (χ2n) is 6.00. The lowest BCUT2D eigenvalue weighted by Gasteiger charge is -2.38. The molecule has 0 bridgehead atoms. The number of urea groups is 1. The average molecular weight is 300 g/mol. The van der Waals surface area contributed by atoms with Crippen molar-refractivity contribution >= 4 is 17.9 Å². The summed E-state index contributed by atoms with van der Waals surface area (Å²) in [5.41, 5.74) is 4.96. The smallest absolute Gasteiger partial charge is 0.326 e. The first-order chi connectivity index (χ1) is 9.72. The van der Waals surface area contributed by atoms with Crippen LogP contribution < -0.4 is 16.4 Å². The number of nitrogens with one attached hydrogen (secondary N) is 2. The molecule has 1 saturated heterocycles. The molecular weight excluding hydrogens is 276 g/mol. The van der Waals surface area contributed by atoms with Crippen molar-refractivity contribution in [1.29, 1.82) is 0 Å². The van der Waals surface area contributed by atoms with Crippen LogP contribution in [0.5, 0.6) is 0 Å². The van der Waals surface area contributed by atoms with Crippen LogP contribution in [0.4, 0.5) is 4.79 Å². The number of carbonyl (C=O) groups is 3. The summed E-state index contributed by atoms with van der Waals surface area (Å²) in [6.45, 7) is 4.51. The Balaban J connectivity index is 2.42. The van der Waals surface area contributed by atoms with E-state index in [1.807, 2.05) is 0 Å². The maximum absolute atomic E-state index is 11.7. The fourth-order valence-electron chi connectivity index (χ4n) is 2.24. The molecule has 0 aromatic carbocycles. The van der Waals surface area contributed by atoms with Gasteiger partial charge in [-0.05, 0) is 38.4 Å². The summed E-state index contributed by atoms with van der Waals surface area (Å²) in [5, 5.41) is 13.8. The number of carbonyl (C=O) groups excluding carboxylic acids is 2. The first-order valence-electron chi connectivity index (χ1n) is 6.96. The van der Waals surface area contributed by atoms with Gasteiger partial charge < -0.3 is 26.4 Å². The molecule has 1 rings (SSSR count). The molecule has 0 aromatic rings. The van der Waals surface area contributed by atoms with E-state index in [0.29, 0.717) is 6.54 Å². The number of hydrogen-bond donors (Lipinski definition) is 4. The van der Waals surface area contributed by atoms with Crippen LogP contribution in [-0.2, 0) is 9.59 Å². The Morgan fingerprint density at radius 1 is 1.33 bits per heavy atom. The number of carboxylic acids is 1. The summed E-state index contributed by atoms with van der Waals surface area (Å²) in [6, 6.07) is -1.89. The van der Waals surface area contributed by atoms with Gasteiger partial charge in [-0.1, -0.05) is 6.92 Å². The van der Waals surface area contributed by atoms with Crippen molar-refractivity contribution in [3.63, 3.8) is 0 Å². The molecule has 1 heterocycles. The molecule has 5 N–H and O–H groups in total. The topological polar surface area (TPSA) is 125 Å². The Hall–Kier alpha value is -1.83. The highest BCUT2D eigenvalue weighted by molar-refractivity contribution is 5.87. The van der Waals surface area contributed by atoms with Gasteiger partial charge in [-0.15, -0.1) is 0 Å². The first kappa shape index (κ1) is 17.2. The highest BCUT2D eigenvalue weighted by Gasteiger charge is 2.30. The molecule has 8 heteroatoms. The number of carboxylic acid groups (broad SMARTS) is 1. The van der Waals surface area contributed by atoms with E-state index in [4.69, 9.17) is 10.8 Å². The lowest BCUT2D eigenvalue weighted by molar-refractivity contribution is -0.140. The average Bonchev–Trinajstić information content (AvgIpc) is 2.39. The molecule has 0 unspecified atom stereocenters. The van der Waals surface area contributed by atoms with Crippen LogP contribution in [0.1, 0.15) is 26.2 Å². The predicted octanol–water partition coefficient (Wildman–Crippen LogP) is -0.654. The normalized spacial score (nSPS) is 19.5. The Kier molecular flexibility index (Phi) is 5.95. The minimum absolute atomic E-state index is 0.00621. The predicted molar refractivity (Wildman–Crippen MR) is 76.6 cm³/mol. The summed E-state index contributed by atoms with van der Waals surface area (Å²) < 4.78 is 0. The van der Waals surface area contributed by atoms with Crippen molar-refractivity contribution in [3.8, 4) is 0 Å². The lowest BCUT2D eigenvalue weighted by Crippen LogP contribution is -2.50. The van der Waals surface area contributed by atoms with Crippen molar-refractivity contribution in [2.24, 2.45) is 11.1 Å². The fourth-order valence-corrected chi connectivity index (χ4v) is 2.24. The maximum atomic E-state index is 11.7. The quantitative estimate of drug-likeness (QED) is 0.518. The number of likely N-dealkylation sites (tertiary alicyclic amines) is 1. The molecule has 0 aromatic heterocycles. The maximum Gasteiger partial charge on any atom is 0.326 e. The molecule has 0 spiro atoms. The molecule has 1 fully saturated rings. The van der Waals surface area contributed by atoms with Gasteiger partial charge in [0.25, 0.3) is 0 Å². The van der Waals surface area contributed by atoms with Gasteiger partial charge in [-0.25, -0.2) is 9.59 Å². The summed E-state index contributed by atoms with van der Waals surface area (Å²) in [6.07, 6.45) is 1.51. The lowest BCUT2D eigenvalue weighted by atomic mass is 9.80. The van der Waals surface area contributed by atoms with Crippen LogP contribution in [0.15, 0.2) is 0 Å². The van der Waals surface area contributed by atoms with E-state index in [-0.39, 0.29) is 5.41 Å². The Morgan fingerprint density at radius 3 is 2.38 bits per heavy atom. The third-order valence-electron chi connectivity index (χ3n) is 3.88. The molecule has 3 amide bonds. The van der Waals surface area contributed by atoms with Crippen molar-refractivity contribution in [2.45, 2.75) is 32.2 Å². The van der Waals surface area contributed by atoms with E-state index in [0.717, 1.165) is 25.9 Å². The largest absolute Gasteiger partial charge is 0.480 e. The van der Waals surface area contributed by atoms with E-state index < -0.39 is 30.4 Å². The second-order valence-corrected chi connectivity index (χ2v) is 6.00. The molecule has 0 aliphatic carbocycles. The van der Waals surface area contributed by atoms with Crippen molar-refractivity contribution in [1.82, 2.24) is 15.5 Å². The summed E-state index contributed by atoms with van der Waals surface area (Å²) >= 11 is 0. The second kappa shape index (κ2) is 7.26. The number of piperidine rings is 1. The molecule has 1 aliphatic heterocycles. The van der Waals surface area contributed by atoms with Gasteiger partial charge in [-0.2, -0.15) is 0 Å². The number of nitrogens with zero attached hydrogens (tertiary/aromatic N) is 1. The monoisotopic (exact) mass is 300 g/mol. The van der Waals surface area contributed by atoms with Crippen LogP contribution >= 0.6 is 0 Å². The minimum Gasteiger partial charge on any atom is -0.480 e. The molecule has 8 nitrogen and oxygen atoms in total. The van der Waals surface area contributed by atoms with E-state index in [9.17, 15) is 14.4 Å². The number of hydrogen-bond acceptors (Lipinski definition) is 4. The Bertz CT molecular complexity index is 405. The van der Waals surface area contributed by atoms with Crippen molar-refractivity contribution in [2.75, 3.05) is 26.7 Å². The summed E-state index contributed by atoms with van der Waals surface area (Å²) in [4.78, 5) is 35.7. The van der Waals surface area contributed by atoms with Gasteiger partial charge in [0.15, 0.2) is 0 Å². The van der Waals surface area contributed by atoms with Crippen LogP contribution in [-0.4, -0.2) is 60.6 Å². The van der Waals surface area contributed by atoms with Gasteiger partial charge >= 0.3 is 12.0 Å². The summed E-state index contributed by atoms with van der Waals surface area (Å²) in [7, 11) is 2.06. The minimum atomic E-state index is -1.30. The number of aliphatic carboxylic acids is 1. The van der Waals surface area contributed by atoms with Crippen LogP contribution in [0, 0.1) is 5.41 Å². The van der Waals surface area contributed by atoms with E-state index in [1.165, 1.54) is 0 Å². The highest BCUT2D eigenvalue weighted by Crippen LogP contribution is 2.29. The third kappa shape index (κ3) is 5.99. The molecule has 0 radical (unpaired) electrons. The number of nitrogens with two attached hydrogens (primary N) is 1. The zero-order valence-electron chi connectivity index (χ0n) is 12.5. The number of rotatable bonds is 6. The number of amides is 3. The standard InChI is InChI=1S/C13H24N4O4/c1-13(3-5-17(2)6-4-13)8-15-12(21)16-9(11(19)20)7-10(14)18/h9H,3-8H2,1-2H3,(H2,14,18)(H,19,20)(H2,15,16,21)/t9-/m0/s1. The van der Waals surface area contributed by atoms with Gasteiger partial charge in [0.2, 0.25) is 5.91 Å². The SMILES string of the molecule is CN1CCC(C)(CNC(=O)N[C@@H](CC(N)=O)C(=O)O)CC1. The van der Waals surface area contributed by atoms with Gasteiger partial charge in [-0.3, -0.25) is 4.79 Å². The zero-order valence-corrected chi connectivity index (χ0v) is 12.5. The molecular formula is C13H24N4O4.